The zero-order chi connectivity index (χ0) is 23.5. The van der Waals surface area contributed by atoms with Gasteiger partial charge in [0.2, 0.25) is 0 Å². The topological polar surface area (TPSA) is 69.0 Å². The number of amides is 1. The molecule has 0 fully saturated rings. The van der Waals surface area contributed by atoms with Crippen LogP contribution in [0.5, 0.6) is 6.01 Å². The van der Waals surface area contributed by atoms with E-state index < -0.39 is 22.5 Å². The van der Waals surface area contributed by atoms with Gasteiger partial charge in [-0.15, -0.1) is 5.10 Å². The Morgan fingerprint density at radius 1 is 1.09 bits per heavy atom. The molecule has 1 aromatic heterocycles. The van der Waals surface area contributed by atoms with Crippen LogP contribution in [0.2, 0.25) is 0 Å². The van der Waals surface area contributed by atoms with Gasteiger partial charge in [0, 0.05) is 11.3 Å². The minimum atomic E-state index is -4.44. The monoisotopic (exact) mass is 486 g/mol. The maximum absolute atomic E-state index is 12.9. The Hall–Kier alpha value is -2.78. The molecule has 0 unspecified atom stereocenters. The van der Waals surface area contributed by atoms with Crippen LogP contribution in [0.1, 0.15) is 19.4 Å². The predicted molar refractivity (Wildman–Crippen MR) is 116 cm³/mol. The molecule has 1 heterocycles. The first-order valence-electron chi connectivity index (χ1n) is 9.51. The molecular formula is C21H19Cl2F3N4O2. The fourth-order valence-electron chi connectivity index (χ4n) is 2.65. The maximum atomic E-state index is 12.9. The van der Waals surface area contributed by atoms with Gasteiger partial charge in [0.15, 0.2) is 10.7 Å². The van der Waals surface area contributed by atoms with E-state index >= 15 is 0 Å². The van der Waals surface area contributed by atoms with Crippen molar-refractivity contribution in [1.29, 1.82) is 0 Å². The predicted octanol–water partition coefficient (Wildman–Crippen LogP) is 5.73. The van der Waals surface area contributed by atoms with Gasteiger partial charge in [-0.2, -0.15) is 18.2 Å². The summed E-state index contributed by atoms with van der Waals surface area (Å²) in [6, 6.07) is 11.2. The summed E-state index contributed by atoms with van der Waals surface area (Å²) in [4.78, 5) is 14.8. The van der Waals surface area contributed by atoms with E-state index in [0.29, 0.717) is 29.4 Å². The van der Waals surface area contributed by atoms with Gasteiger partial charge in [0.05, 0.1) is 17.9 Å². The van der Waals surface area contributed by atoms with Crippen molar-refractivity contribution >= 4 is 34.8 Å². The van der Waals surface area contributed by atoms with Gasteiger partial charge in [-0.05, 0) is 42.3 Å². The minimum Gasteiger partial charge on any atom is -0.462 e. The first-order valence-corrected chi connectivity index (χ1v) is 10.4. The van der Waals surface area contributed by atoms with Gasteiger partial charge >= 0.3 is 12.2 Å². The van der Waals surface area contributed by atoms with E-state index in [1.54, 1.807) is 24.3 Å². The van der Waals surface area contributed by atoms with E-state index in [1.165, 1.54) is 16.8 Å². The van der Waals surface area contributed by atoms with Crippen LogP contribution < -0.4 is 10.1 Å². The first kappa shape index (κ1) is 23.9. The molecule has 0 atom stereocenters. The molecule has 0 bridgehead atoms. The normalized spacial score (nSPS) is 11.8. The summed E-state index contributed by atoms with van der Waals surface area (Å²) in [7, 11) is 0. The average molecular weight is 487 g/mol. The highest BCUT2D eigenvalue weighted by Gasteiger charge is 2.30. The number of hydrogen-bond donors (Lipinski definition) is 1. The molecular weight excluding hydrogens is 468 g/mol. The van der Waals surface area contributed by atoms with Crippen molar-refractivity contribution in [2.45, 2.75) is 24.9 Å². The number of carbonyl (C=O) groups excluding carboxylic acids is 1. The molecule has 0 spiro atoms. The molecule has 0 aliphatic heterocycles. The number of benzene rings is 2. The number of ether oxygens (including phenoxy) is 1. The summed E-state index contributed by atoms with van der Waals surface area (Å²) in [5.74, 6) is -0.0421. The van der Waals surface area contributed by atoms with Crippen molar-refractivity contribution in [3.63, 3.8) is 0 Å². The molecule has 0 radical (unpaired) electrons. The zero-order valence-electron chi connectivity index (χ0n) is 17.0. The first-order chi connectivity index (χ1) is 15.0. The number of rotatable bonds is 7. The number of alkyl halides is 5. The number of anilines is 1. The Morgan fingerprint density at radius 3 is 2.25 bits per heavy atom. The summed E-state index contributed by atoms with van der Waals surface area (Å²) < 4.78 is 45.8. The second-order valence-corrected chi connectivity index (χ2v) is 8.34. The standard InChI is InChI=1S/C21H19Cl2F3N4O2/c1-12(2)11-32-20-28-18(13-3-5-14(6-4-13)21(24,25)26)30(29-20)16-9-7-15(8-10-16)27-19(31)17(22)23/h3-10,12,17H,11H2,1-2H3,(H,27,31). The fraction of sp³-hybridized carbons (Fsp3) is 0.286. The van der Waals surface area contributed by atoms with Crippen molar-refractivity contribution in [3.05, 3.63) is 54.1 Å². The van der Waals surface area contributed by atoms with Crippen LogP contribution in [-0.4, -0.2) is 32.1 Å². The number of nitrogens with zero attached hydrogens (tertiary/aromatic N) is 3. The van der Waals surface area contributed by atoms with Crippen molar-refractivity contribution < 1.29 is 22.7 Å². The lowest BCUT2D eigenvalue weighted by Crippen LogP contribution is -2.18. The van der Waals surface area contributed by atoms with Crippen molar-refractivity contribution in [3.8, 4) is 23.1 Å². The highest BCUT2D eigenvalue weighted by molar-refractivity contribution is 6.54. The molecule has 3 aromatic rings. The van der Waals surface area contributed by atoms with Gasteiger partial charge in [-0.1, -0.05) is 49.2 Å². The zero-order valence-corrected chi connectivity index (χ0v) is 18.5. The summed E-state index contributed by atoms with van der Waals surface area (Å²) in [5.41, 5.74) is 0.672. The summed E-state index contributed by atoms with van der Waals surface area (Å²) in [6.45, 7) is 4.31. The quantitative estimate of drug-likeness (QED) is 0.433. The van der Waals surface area contributed by atoms with Crippen LogP contribution >= 0.6 is 23.2 Å². The largest absolute Gasteiger partial charge is 0.462 e. The molecule has 3 rings (SSSR count). The second-order valence-electron chi connectivity index (χ2n) is 7.25. The lowest BCUT2D eigenvalue weighted by molar-refractivity contribution is -0.137. The summed E-state index contributed by atoms with van der Waals surface area (Å²) in [5, 5.41) is 6.90. The van der Waals surface area contributed by atoms with Gasteiger partial charge in [0.25, 0.3) is 5.91 Å². The Morgan fingerprint density at radius 2 is 1.72 bits per heavy atom. The van der Waals surface area contributed by atoms with Crippen molar-refractivity contribution in [2.24, 2.45) is 5.92 Å². The number of carbonyl (C=O) groups is 1. The summed E-state index contributed by atoms with van der Waals surface area (Å²) in [6.07, 6.45) is -4.44. The summed E-state index contributed by atoms with van der Waals surface area (Å²) >= 11 is 11.1. The van der Waals surface area contributed by atoms with Crippen LogP contribution in [0, 0.1) is 5.92 Å². The van der Waals surface area contributed by atoms with Gasteiger partial charge < -0.3 is 10.1 Å². The molecule has 2 aromatic carbocycles. The van der Waals surface area contributed by atoms with Crippen molar-refractivity contribution in [2.75, 3.05) is 11.9 Å². The Kier molecular flexibility index (Phi) is 7.30. The van der Waals surface area contributed by atoms with Crippen molar-refractivity contribution in [1.82, 2.24) is 14.8 Å². The van der Waals surface area contributed by atoms with Crippen LogP contribution in [0.25, 0.3) is 17.1 Å². The van der Waals surface area contributed by atoms with Crippen LogP contribution in [0.4, 0.5) is 18.9 Å². The third kappa shape index (κ3) is 5.92. The molecule has 11 heteroatoms. The Balaban J connectivity index is 1.96. The molecule has 0 aliphatic rings. The molecule has 6 nitrogen and oxygen atoms in total. The third-order valence-corrected chi connectivity index (χ3v) is 4.58. The molecule has 1 amide bonds. The van der Waals surface area contributed by atoms with E-state index in [2.05, 4.69) is 15.4 Å². The fourth-order valence-corrected chi connectivity index (χ4v) is 2.76. The Labute approximate surface area is 192 Å². The van der Waals surface area contributed by atoms with Crippen LogP contribution in [0.15, 0.2) is 48.5 Å². The van der Waals surface area contributed by atoms with E-state index in [4.69, 9.17) is 27.9 Å². The lowest BCUT2D eigenvalue weighted by Gasteiger charge is -2.10. The molecule has 170 valence electrons. The highest BCUT2D eigenvalue weighted by Crippen LogP contribution is 2.31. The second kappa shape index (κ2) is 9.79. The maximum Gasteiger partial charge on any atom is 0.416 e. The van der Waals surface area contributed by atoms with E-state index in [9.17, 15) is 18.0 Å². The number of hydrogen-bond acceptors (Lipinski definition) is 4. The smallest absolute Gasteiger partial charge is 0.416 e. The number of halogens is 5. The highest BCUT2D eigenvalue weighted by atomic mass is 35.5. The van der Waals surface area contributed by atoms with Gasteiger partial charge in [-0.3, -0.25) is 4.79 Å². The Bertz CT molecular complexity index is 1070. The number of aromatic nitrogens is 3. The lowest BCUT2D eigenvalue weighted by atomic mass is 10.1. The van der Waals surface area contributed by atoms with Crippen LogP contribution in [-0.2, 0) is 11.0 Å². The number of nitrogens with one attached hydrogen (secondary N) is 1. The molecule has 0 aliphatic carbocycles. The molecule has 32 heavy (non-hydrogen) atoms. The van der Waals surface area contributed by atoms with Gasteiger partial charge in [0.1, 0.15) is 0 Å². The van der Waals surface area contributed by atoms with Crippen LogP contribution in [0.3, 0.4) is 0 Å². The van der Waals surface area contributed by atoms with Gasteiger partial charge in [-0.25, -0.2) is 4.68 Å². The molecule has 0 saturated heterocycles. The van der Waals surface area contributed by atoms with E-state index in [0.717, 1.165) is 12.1 Å². The average Bonchev–Trinajstić information content (AvgIpc) is 3.16. The van der Waals surface area contributed by atoms with E-state index in [-0.39, 0.29) is 11.9 Å². The SMILES string of the molecule is CC(C)COc1nc(-c2ccc(C(F)(F)F)cc2)n(-c2ccc(NC(=O)C(Cl)Cl)cc2)n1. The minimum absolute atomic E-state index is 0.0955. The molecule has 1 N–H and O–H groups in total. The van der Waals surface area contributed by atoms with E-state index in [1.807, 2.05) is 13.8 Å². The molecule has 0 saturated carbocycles. The third-order valence-electron chi connectivity index (χ3n) is 4.18.